The lowest BCUT2D eigenvalue weighted by atomic mass is 9.87. The van der Waals surface area contributed by atoms with Crippen LogP contribution in [0.2, 0.25) is 0 Å². The first-order valence-corrected chi connectivity index (χ1v) is 8.80. The molecule has 2 rings (SSSR count). The van der Waals surface area contributed by atoms with E-state index < -0.39 is 14.9 Å². The van der Waals surface area contributed by atoms with Gasteiger partial charge in [-0.05, 0) is 50.8 Å². The summed E-state index contributed by atoms with van der Waals surface area (Å²) in [5.74, 6) is 0.691. The average Bonchev–Trinajstić information content (AvgIpc) is 2.49. The zero-order valence-electron chi connectivity index (χ0n) is 12.7. The number of anilines is 1. The molecule has 122 valence electrons. The van der Waals surface area contributed by atoms with Gasteiger partial charge in [-0.15, -0.1) is 0 Å². The zero-order chi connectivity index (χ0) is 16.3. The molecule has 7 nitrogen and oxygen atoms in total. The van der Waals surface area contributed by atoms with Gasteiger partial charge in [0.1, 0.15) is 5.69 Å². The monoisotopic (exact) mass is 327 g/mol. The van der Waals surface area contributed by atoms with Crippen LogP contribution in [0.3, 0.4) is 0 Å². The van der Waals surface area contributed by atoms with Gasteiger partial charge in [0.2, 0.25) is 10.0 Å². The summed E-state index contributed by atoms with van der Waals surface area (Å²) in [6, 6.07) is 4.15. The molecule has 0 heterocycles. The molecule has 1 aromatic rings. The van der Waals surface area contributed by atoms with Crippen LogP contribution in [0, 0.1) is 16.0 Å². The number of nitro benzene ring substituents is 1. The van der Waals surface area contributed by atoms with Crippen molar-refractivity contribution in [3.63, 3.8) is 0 Å². The molecule has 1 aliphatic carbocycles. The number of nitrogens with one attached hydrogen (secondary N) is 2. The summed E-state index contributed by atoms with van der Waals surface area (Å²) < 4.78 is 25.7. The van der Waals surface area contributed by atoms with Crippen molar-refractivity contribution < 1.29 is 13.3 Å². The molecular weight excluding hydrogens is 306 g/mol. The molecule has 1 fully saturated rings. The summed E-state index contributed by atoms with van der Waals surface area (Å²) in [7, 11) is -2.42. The second kappa shape index (κ2) is 6.62. The summed E-state index contributed by atoms with van der Waals surface area (Å²) in [5.41, 5.74) is 0.162. The molecule has 2 N–H and O–H groups in total. The number of benzene rings is 1. The van der Waals surface area contributed by atoms with Crippen LogP contribution in [0.1, 0.15) is 32.6 Å². The summed E-state index contributed by atoms with van der Waals surface area (Å²) in [5, 5.41) is 14.4. The predicted octanol–water partition coefficient (Wildman–Crippen LogP) is 2.49. The minimum atomic E-state index is -3.69. The van der Waals surface area contributed by atoms with Crippen LogP contribution in [-0.4, -0.2) is 26.4 Å². The van der Waals surface area contributed by atoms with Crippen molar-refractivity contribution >= 4 is 21.4 Å². The summed E-state index contributed by atoms with van der Waals surface area (Å²) in [6.45, 7) is 2.20. The number of hydrogen-bond acceptors (Lipinski definition) is 5. The smallest absolute Gasteiger partial charge is 0.293 e. The zero-order valence-corrected chi connectivity index (χ0v) is 13.5. The van der Waals surface area contributed by atoms with Crippen LogP contribution >= 0.6 is 0 Å². The Labute approximate surface area is 130 Å². The average molecular weight is 327 g/mol. The Morgan fingerprint density at radius 1 is 1.23 bits per heavy atom. The fourth-order valence-electron chi connectivity index (χ4n) is 2.69. The van der Waals surface area contributed by atoms with Crippen molar-refractivity contribution in [3.8, 4) is 0 Å². The van der Waals surface area contributed by atoms with Crippen LogP contribution in [0.25, 0.3) is 0 Å². The largest absolute Gasteiger partial charge is 0.377 e. The number of sulfonamides is 1. The van der Waals surface area contributed by atoms with E-state index in [-0.39, 0.29) is 16.6 Å². The van der Waals surface area contributed by atoms with E-state index in [1.807, 2.05) is 0 Å². The highest BCUT2D eigenvalue weighted by molar-refractivity contribution is 7.89. The van der Waals surface area contributed by atoms with E-state index in [1.165, 1.54) is 19.2 Å². The molecule has 0 saturated heterocycles. The molecule has 0 aromatic heterocycles. The fourth-order valence-corrected chi connectivity index (χ4v) is 3.44. The third kappa shape index (κ3) is 3.75. The van der Waals surface area contributed by atoms with Crippen molar-refractivity contribution in [1.29, 1.82) is 0 Å². The van der Waals surface area contributed by atoms with Gasteiger partial charge in [-0.3, -0.25) is 10.1 Å². The molecule has 8 heteroatoms. The lowest BCUT2D eigenvalue weighted by molar-refractivity contribution is -0.384. The maximum absolute atomic E-state index is 11.8. The van der Waals surface area contributed by atoms with E-state index in [9.17, 15) is 18.5 Å². The summed E-state index contributed by atoms with van der Waals surface area (Å²) in [6.07, 6.45) is 4.12. The molecule has 0 radical (unpaired) electrons. The highest BCUT2D eigenvalue weighted by Crippen LogP contribution is 2.31. The molecule has 1 aliphatic rings. The molecule has 0 amide bonds. The van der Waals surface area contributed by atoms with Gasteiger partial charge >= 0.3 is 0 Å². The van der Waals surface area contributed by atoms with E-state index in [0.717, 1.165) is 31.7 Å². The molecule has 1 aromatic carbocycles. The summed E-state index contributed by atoms with van der Waals surface area (Å²) >= 11 is 0. The van der Waals surface area contributed by atoms with Gasteiger partial charge < -0.3 is 5.32 Å². The van der Waals surface area contributed by atoms with Crippen LogP contribution in [-0.2, 0) is 10.0 Å². The lowest BCUT2D eigenvalue weighted by Gasteiger charge is -2.27. The Bertz CT molecular complexity index is 652. The van der Waals surface area contributed by atoms with E-state index in [0.29, 0.717) is 11.6 Å². The van der Waals surface area contributed by atoms with E-state index in [4.69, 9.17) is 0 Å². The van der Waals surface area contributed by atoms with Crippen LogP contribution in [0.5, 0.6) is 0 Å². The fraction of sp³-hybridized carbons (Fsp3) is 0.571. The molecule has 0 atom stereocenters. The van der Waals surface area contributed by atoms with Crippen molar-refractivity contribution in [3.05, 3.63) is 28.3 Å². The Morgan fingerprint density at radius 2 is 1.86 bits per heavy atom. The molecule has 0 unspecified atom stereocenters. The SMILES string of the molecule is CNS(=O)(=O)c1ccc(NC2CCC(C)CC2)c([N+](=O)[O-])c1. The minimum absolute atomic E-state index is 0.107. The van der Waals surface area contributed by atoms with Crippen LogP contribution < -0.4 is 10.0 Å². The second-order valence-corrected chi connectivity index (χ2v) is 7.63. The van der Waals surface area contributed by atoms with Gasteiger partial charge in [-0.25, -0.2) is 13.1 Å². The molecule has 0 aliphatic heterocycles. The third-order valence-corrected chi connectivity index (χ3v) is 5.53. The minimum Gasteiger partial charge on any atom is -0.377 e. The Hall–Kier alpha value is -1.67. The molecule has 22 heavy (non-hydrogen) atoms. The highest BCUT2D eigenvalue weighted by atomic mass is 32.2. The maximum atomic E-state index is 11.8. The molecule has 0 bridgehead atoms. The number of nitrogens with zero attached hydrogens (tertiary/aromatic N) is 1. The van der Waals surface area contributed by atoms with Crippen molar-refractivity contribution in [2.45, 2.75) is 43.5 Å². The lowest BCUT2D eigenvalue weighted by Crippen LogP contribution is -2.25. The first-order chi connectivity index (χ1) is 10.3. The van der Waals surface area contributed by atoms with Gasteiger partial charge in [-0.1, -0.05) is 6.92 Å². The standard InChI is InChI=1S/C14H21N3O4S/c1-10-3-5-11(6-4-10)16-13-8-7-12(22(20,21)15-2)9-14(13)17(18)19/h7-11,15-16H,3-6H2,1-2H3. The van der Waals surface area contributed by atoms with E-state index >= 15 is 0 Å². The maximum Gasteiger partial charge on any atom is 0.293 e. The molecular formula is C14H21N3O4S. The predicted molar refractivity (Wildman–Crippen MR) is 84.4 cm³/mol. The third-order valence-electron chi connectivity index (χ3n) is 4.12. The quantitative estimate of drug-likeness (QED) is 0.639. The Morgan fingerprint density at radius 3 is 2.41 bits per heavy atom. The van der Waals surface area contributed by atoms with E-state index in [2.05, 4.69) is 17.0 Å². The molecule has 1 saturated carbocycles. The molecule has 0 spiro atoms. The van der Waals surface area contributed by atoms with Crippen LogP contribution in [0.4, 0.5) is 11.4 Å². The highest BCUT2D eigenvalue weighted by Gasteiger charge is 2.24. The summed E-state index contributed by atoms with van der Waals surface area (Å²) in [4.78, 5) is 10.6. The van der Waals surface area contributed by atoms with Crippen molar-refractivity contribution in [2.24, 2.45) is 5.92 Å². The normalized spacial score (nSPS) is 22.3. The second-order valence-electron chi connectivity index (χ2n) is 5.74. The Balaban J connectivity index is 2.26. The van der Waals surface area contributed by atoms with E-state index in [1.54, 1.807) is 0 Å². The van der Waals surface area contributed by atoms with Gasteiger partial charge in [0.05, 0.1) is 9.82 Å². The topological polar surface area (TPSA) is 101 Å². The first-order valence-electron chi connectivity index (χ1n) is 7.32. The Kier molecular flexibility index (Phi) is 5.02. The number of hydrogen-bond donors (Lipinski definition) is 2. The number of nitro groups is 1. The van der Waals surface area contributed by atoms with Gasteiger partial charge in [0.25, 0.3) is 5.69 Å². The van der Waals surface area contributed by atoms with Crippen molar-refractivity contribution in [2.75, 3.05) is 12.4 Å². The number of rotatable bonds is 5. The van der Waals surface area contributed by atoms with Crippen molar-refractivity contribution in [1.82, 2.24) is 4.72 Å². The first kappa shape index (κ1) is 16.7. The van der Waals surface area contributed by atoms with Crippen LogP contribution in [0.15, 0.2) is 23.1 Å². The van der Waals surface area contributed by atoms with Gasteiger partial charge in [0, 0.05) is 12.1 Å². The van der Waals surface area contributed by atoms with Gasteiger partial charge in [0.15, 0.2) is 0 Å². The van der Waals surface area contributed by atoms with Gasteiger partial charge in [-0.2, -0.15) is 0 Å².